The summed E-state index contributed by atoms with van der Waals surface area (Å²) in [7, 11) is 0. The Balaban J connectivity index is 0.000000232. The molecule has 6 nitrogen and oxygen atoms in total. The molecule has 44 heavy (non-hydrogen) atoms. The zero-order valence-electron chi connectivity index (χ0n) is 33.0. The molecule has 0 spiro atoms. The van der Waals surface area contributed by atoms with E-state index in [0.29, 0.717) is 12.1 Å². The molecular formula is C38H77N3O3. The van der Waals surface area contributed by atoms with Crippen molar-refractivity contribution in [2.24, 2.45) is 16.2 Å². The molecule has 0 amide bonds. The molecule has 4 rings (SSSR count). The van der Waals surface area contributed by atoms with Crippen LogP contribution >= 0.6 is 0 Å². The molecule has 3 saturated heterocycles. The Morgan fingerprint density at radius 2 is 0.977 bits per heavy atom. The van der Waals surface area contributed by atoms with E-state index in [-0.39, 0.29) is 51.5 Å². The fourth-order valence-corrected chi connectivity index (χ4v) is 7.61. The fourth-order valence-electron chi connectivity index (χ4n) is 7.61. The molecule has 6 unspecified atom stereocenters. The largest absolute Gasteiger partial charge is 0.362 e. The van der Waals surface area contributed by atoms with Crippen molar-refractivity contribution < 1.29 is 14.2 Å². The zero-order chi connectivity index (χ0) is 34.3. The Labute approximate surface area is 275 Å². The topological polar surface area (TPSA) is 37.4 Å². The Morgan fingerprint density at radius 1 is 0.500 bits per heavy atom. The van der Waals surface area contributed by atoms with Crippen molar-refractivity contribution in [2.45, 2.75) is 211 Å². The Morgan fingerprint density at radius 3 is 1.36 bits per heavy atom. The van der Waals surface area contributed by atoms with Gasteiger partial charge in [0.15, 0.2) is 0 Å². The lowest BCUT2D eigenvalue weighted by molar-refractivity contribution is -0.209. The molecule has 6 heteroatoms. The van der Waals surface area contributed by atoms with Crippen molar-refractivity contribution in [3.05, 3.63) is 0 Å². The molecule has 3 aliphatic heterocycles. The van der Waals surface area contributed by atoms with E-state index in [4.69, 9.17) is 14.2 Å². The zero-order valence-corrected chi connectivity index (χ0v) is 33.0. The highest BCUT2D eigenvalue weighted by atomic mass is 16.5. The van der Waals surface area contributed by atoms with E-state index < -0.39 is 0 Å². The minimum atomic E-state index is 0.178. The summed E-state index contributed by atoms with van der Waals surface area (Å²) in [4.78, 5) is 7.60. The van der Waals surface area contributed by atoms with E-state index in [1.807, 2.05) is 0 Å². The van der Waals surface area contributed by atoms with Crippen molar-refractivity contribution in [3.8, 4) is 0 Å². The highest BCUT2D eigenvalue weighted by Gasteiger charge is 2.49. The van der Waals surface area contributed by atoms with Crippen LogP contribution in [0.1, 0.15) is 157 Å². The Bertz CT molecular complexity index is 858. The monoisotopic (exact) mass is 624 g/mol. The maximum Gasteiger partial charge on any atom is 0.116 e. The summed E-state index contributed by atoms with van der Waals surface area (Å²) >= 11 is 0. The lowest BCUT2D eigenvalue weighted by Crippen LogP contribution is -2.61. The van der Waals surface area contributed by atoms with Crippen molar-refractivity contribution in [3.63, 3.8) is 0 Å². The van der Waals surface area contributed by atoms with Gasteiger partial charge < -0.3 is 14.2 Å². The second-order valence-electron chi connectivity index (χ2n) is 20.3. The van der Waals surface area contributed by atoms with Crippen LogP contribution in [0.5, 0.6) is 0 Å². The van der Waals surface area contributed by atoms with Gasteiger partial charge in [0.1, 0.15) is 18.7 Å². The summed E-state index contributed by atoms with van der Waals surface area (Å²) in [6.07, 6.45) is 6.26. The lowest BCUT2D eigenvalue weighted by Gasteiger charge is -2.52. The maximum absolute atomic E-state index is 6.31. The minimum Gasteiger partial charge on any atom is -0.362 e. The van der Waals surface area contributed by atoms with Crippen LogP contribution in [0.4, 0.5) is 0 Å². The molecule has 4 fully saturated rings. The van der Waals surface area contributed by atoms with Crippen LogP contribution in [-0.4, -0.2) is 87.9 Å². The molecule has 0 aromatic carbocycles. The van der Waals surface area contributed by atoms with Crippen LogP contribution in [-0.2, 0) is 14.2 Å². The first-order chi connectivity index (χ1) is 19.6. The quantitative estimate of drug-likeness (QED) is 0.268. The van der Waals surface area contributed by atoms with Gasteiger partial charge in [0.25, 0.3) is 0 Å². The molecule has 1 aliphatic carbocycles. The van der Waals surface area contributed by atoms with Crippen LogP contribution in [0, 0.1) is 16.2 Å². The molecule has 0 aromatic heterocycles. The summed E-state index contributed by atoms with van der Waals surface area (Å²) in [5.74, 6) is 0. The smallest absolute Gasteiger partial charge is 0.116 e. The first-order valence-corrected chi connectivity index (χ1v) is 17.8. The van der Waals surface area contributed by atoms with E-state index >= 15 is 0 Å². The van der Waals surface area contributed by atoms with Crippen molar-refractivity contribution in [1.82, 2.24) is 14.7 Å². The predicted molar refractivity (Wildman–Crippen MR) is 188 cm³/mol. The number of nitrogens with zero attached hydrogens (tertiary/aromatic N) is 3. The molecule has 2 bridgehead atoms. The average molecular weight is 624 g/mol. The van der Waals surface area contributed by atoms with E-state index in [0.717, 1.165) is 32.2 Å². The van der Waals surface area contributed by atoms with E-state index in [1.54, 1.807) is 0 Å². The molecule has 0 aromatic rings. The minimum absolute atomic E-state index is 0.178. The number of fused-ring (bicyclic) bond motifs is 2. The van der Waals surface area contributed by atoms with Gasteiger partial charge in [-0.2, -0.15) is 0 Å². The molecule has 4 aliphatic rings. The van der Waals surface area contributed by atoms with E-state index in [9.17, 15) is 0 Å². The number of rotatable bonds is 0. The second-order valence-corrected chi connectivity index (χ2v) is 20.3. The molecule has 6 atom stereocenters. The first kappa shape index (κ1) is 39.9. The van der Waals surface area contributed by atoms with Crippen LogP contribution in [0.2, 0.25) is 0 Å². The first-order valence-electron chi connectivity index (χ1n) is 17.8. The summed E-state index contributed by atoms with van der Waals surface area (Å²) in [6.45, 7) is 46.0. The van der Waals surface area contributed by atoms with Crippen molar-refractivity contribution in [1.29, 1.82) is 0 Å². The highest BCUT2D eigenvalue weighted by molar-refractivity contribution is 4.98. The summed E-state index contributed by atoms with van der Waals surface area (Å²) in [6, 6.07) is 1.35. The Hall–Kier alpha value is -0.240. The Kier molecular flexibility index (Phi) is 12.8. The van der Waals surface area contributed by atoms with Crippen LogP contribution in [0.25, 0.3) is 0 Å². The SMILES string of the molecule is CC(C)(C)C1OC2CCC(C2)N1C(C)(C)C.CC(C)(C)C1OCCN1C(C)(C)C.CC1CCOC(C(C)(C)C)N1C(C)(C)C. The highest BCUT2D eigenvalue weighted by Crippen LogP contribution is 2.44. The molecular weight excluding hydrogens is 546 g/mol. The second kappa shape index (κ2) is 14.1. The van der Waals surface area contributed by atoms with Gasteiger partial charge in [0.2, 0.25) is 0 Å². The predicted octanol–water partition coefficient (Wildman–Crippen LogP) is 9.17. The van der Waals surface area contributed by atoms with Crippen LogP contribution in [0.3, 0.4) is 0 Å². The van der Waals surface area contributed by atoms with Gasteiger partial charge in [0, 0.05) is 51.5 Å². The molecule has 262 valence electrons. The molecule has 0 radical (unpaired) electrons. The molecule has 3 heterocycles. The normalized spacial score (nSPS) is 31.7. The average Bonchev–Trinajstić information content (AvgIpc) is 3.44. The van der Waals surface area contributed by atoms with Gasteiger partial charge in [-0.05, 0) is 94.9 Å². The lowest BCUT2D eigenvalue weighted by atomic mass is 9.87. The number of hydrogen-bond acceptors (Lipinski definition) is 6. The van der Waals surface area contributed by atoms with Crippen LogP contribution in [0.15, 0.2) is 0 Å². The third-order valence-corrected chi connectivity index (χ3v) is 9.39. The standard InChI is InChI=1S/C14H27NO.C13H27NO.C11H23NO/c1-13(2,3)12-15(14(4,5)6)10-7-8-11(9-10)16-12;1-10-8-9-15-11(12(2,3)4)14(10)13(5,6)7;1-10(2,3)9-12(7-8-13-9)11(4,5)6/h10-12H,7-9H2,1-6H3;10-11H,8-9H2,1-7H3;9H,7-8H2,1-6H3. The van der Waals surface area contributed by atoms with Gasteiger partial charge in [-0.1, -0.05) is 62.3 Å². The summed E-state index contributed by atoms with van der Waals surface area (Å²) in [5, 5.41) is 0. The van der Waals surface area contributed by atoms with E-state index in [1.165, 1.54) is 19.3 Å². The number of hydrogen-bond donors (Lipinski definition) is 0. The molecule has 1 saturated carbocycles. The summed E-state index contributed by atoms with van der Waals surface area (Å²) in [5.41, 5.74) is 1.20. The van der Waals surface area contributed by atoms with Gasteiger partial charge in [-0.25, -0.2) is 0 Å². The van der Waals surface area contributed by atoms with Crippen molar-refractivity contribution in [2.75, 3.05) is 19.8 Å². The van der Waals surface area contributed by atoms with Gasteiger partial charge in [-0.3, -0.25) is 14.7 Å². The third kappa shape index (κ3) is 10.6. The summed E-state index contributed by atoms with van der Waals surface area (Å²) < 4.78 is 18.1. The van der Waals surface area contributed by atoms with Gasteiger partial charge in [0.05, 0.1) is 19.3 Å². The molecule has 0 N–H and O–H groups in total. The number of ether oxygens (including phenoxy) is 3. The maximum atomic E-state index is 6.31. The van der Waals surface area contributed by atoms with Gasteiger partial charge >= 0.3 is 0 Å². The fraction of sp³-hybridized carbons (Fsp3) is 1.00. The van der Waals surface area contributed by atoms with Gasteiger partial charge in [-0.15, -0.1) is 0 Å². The third-order valence-electron chi connectivity index (χ3n) is 9.39. The van der Waals surface area contributed by atoms with Crippen molar-refractivity contribution >= 4 is 0 Å². The van der Waals surface area contributed by atoms with Crippen LogP contribution < -0.4 is 0 Å². The van der Waals surface area contributed by atoms with E-state index in [2.05, 4.69) is 146 Å².